The summed E-state index contributed by atoms with van der Waals surface area (Å²) in [7, 11) is 0. The van der Waals surface area contributed by atoms with Gasteiger partial charge in [-0.05, 0) is 225 Å². The Morgan fingerprint density at radius 1 is 0.381 bits per heavy atom. The van der Waals surface area contributed by atoms with Crippen molar-refractivity contribution < 1.29 is 0 Å². The van der Waals surface area contributed by atoms with Crippen LogP contribution in [0.25, 0.3) is 44.5 Å². The van der Waals surface area contributed by atoms with Crippen LogP contribution in [-0.2, 0) is 5.41 Å². The zero-order chi connectivity index (χ0) is 43.3. The van der Waals surface area contributed by atoms with Gasteiger partial charge in [0.2, 0.25) is 0 Å². The van der Waals surface area contributed by atoms with E-state index in [0.717, 1.165) is 22.7 Å². The highest BCUT2D eigenvalue weighted by Gasteiger charge is 2.45. The maximum atomic E-state index is 2.67. The van der Waals surface area contributed by atoms with Crippen LogP contribution in [0.15, 0.2) is 158 Å². The fourth-order valence-corrected chi connectivity index (χ4v) is 11.5. The van der Waals surface area contributed by atoms with Gasteiger partial charge in [-0.2, -0.15) is 0 Å². The minimum Gasteiger partial charge on any atom is -0.310 e. The number of fused-ring (bicyclic) bond motifs is 9. The Kier molecular flexibility index (Phi) is 9.03. The molecule has 11 rings (SSSR count). The van der Waals surface area contributed by atoms with Gasteiger partial charge in [-0.3, -0.25) is 0 Å². The minimum atomic E-state index is -0.0743. The molecule has 0 fully saturated rings. The summed E-state index contributed by atoms with van der Waals surface area (Å²) in [4.78, 5) is 4.79. The third-order valence-electron chi connectivity index (χ3n) is 14.9. The van der Waals surface area contributed by atoms with E-state index in [-0.39, 0.29) is 5.41 Å². The summed E-state index contributed by atoms with van der Waals surface area (Å²) < 4.78 is 0. The SMILES string of the molecule is Cc1c(C)c2cc(N(c3ccccc3)c3ccccc3)cc(C)c2c2c1=CC1c3cc4c(C)c(C)c5cc(N(c6ccccc6)c6ccccc6)cc(C)c5c4cc3C(C)(C)C1C=2. The maximum Gasteiger partial charge on any atom is 0.0470 e. The van der Waals surface area contributed by atoms with Gasteiger partial charge in [0.05, 0.1) is 0 Å². The third kappa shape index (κ3) is 5.99. The van der Waals surface area contributed by atoms with E-state index in [0.29, 0.717) is 11.8 Å². The first-order valence-electron chi connectivity index (χ1n) is 22.6. The maximum absolute atomic E-state index is 2.67. The average Bonchev–Trinajstić information content (AvgIpc) is 3.51. The molecule has 0 saturated heterocycles. The second kappa shape index (κ2) is 14.6. The van der Waals surface area contributed by atoms with E-state index in [1.807, 2.05) is 0 Å². The van der Waals surface area contributed by atoms with Gasteiger partial charge in [0.25, 0.3) is 0 Å². The lowest BCUT2D eigenvalue weighted by Gasteiger charge is -2.31. The molecule has 0 aromatic heterocycles. The van der Waals surface area contributed by atoms with Gasteiger partial charge in [0.15, 0.2) is 0 Å². The quantitative estimate of drug-likeness (QED) is 0.154. The van der Waals surface area contributed by atoms with Crippen molar-refractivity contribution in [1.82, 2.24) is 0 Å². The summed E-state index contributed by atoms with van der Waals surface area (Å²) in [6.07, 6.45) is 5.32. The Morgan fingerprint density at radius 3 is 1.30 bits per heavy atom. The Balaban J connectivity index is 1.08. The fraction of sp³-hybridized carbons (Fsp3) is 0.180. The molecule has 2 unspecified atom stereocenters. The highest BCUT2D eigenvalue weighted by atomic mass is 15.1. The predicted octanol–water partition coefficient (Wildman–Crippen LogP) is 15.2. The molecular weight excluding hydrogens is 761 g/mol. The average molecular weight is 815 g/mol. The lowest BCUT2D eigenvalue weighted by molar-refractivity contribution is 0.422. The van der Waals surface area contributed by atoms with Gasteiger partial charge in [-0.1, -0.05) is 98.8 Å². The summed E-state index contributed by atoms with van der Waals surface area (Å²) >= 11 is 0. The van der Waals surface area contributed by atoms with Crippen molar-refractivity contribution in [3.63, 3.8) is 0 Å². The summed E-state index contributed by atoms with van der Waals surface area (Å²) in [5, 5.41) is 11.0. The normalized spacial score (nSPS) is 16.0. The molecule has 2 nitrogen and oxygen atoms in total. The van der Waals surface area contributed by atoms with Crippen LogP contribution in [0, 0.1) is 47.5 Å². The highest BCUT2D eigenvalue weighted by molar-refractivity contribution is 6.14. The molecule has 0 amide bonds. The van der Waals surface area contributed by atoms with Crippen molar-refractivity contribution in [2.45, 2.75) is 66.7 Å². The van der Waals surface area contributed by atoms with Crippen LogP contribution >= 0.6 is 0 Å². The van der Waals surface area contributed by atoms with Crippen LogP contribution in [0.1, 0.15) is 64.3 Å². The lowest BCUT2D eigenvalue weighted by atomic mass is 9.73. The number of hydrogen-bond acceptors (Lipinski definition) is 2. The summed E-state index contributed by atoms with van der Waals surface area (Å²) in [5.41, 5.74) is 18.0. The Bertz CT molecular complexity index is 3340. The van der Waals surface area contributed by atoms with Crippen molar-refractivity contribution >= 4 is 78.6 Å². The molecule has 63 heavy (non-hydrogen) atoms. The van der Waals surface area contributed by atoms with E-state index in [1.54, 1.807) is 0 Å². The van der Waals surface area contributed by atoms with Gasteiger partial charge in [-0.25, -0.2) is 0 Å². The van der Waals surface area contributed by atoms with Crippen molar-refractivity contribution in [1.29, 1.82) is 0 Å². The Labute approximate surface area is 372 Å². The van der Waals surface area contributed by atoms with Crippen LogP contribution in [0.3, 0.4) is 0 Å². The molecule has 0 saturated carbocycles. The summed E-state index contributed by atoms with van der Waals surface area (Å²) in [5.74, 6) is 0.634. The molecule has 2 heteroatoms. The molecule has 2 aliphatic rings. The number of rotatable bonds is 6. The fourth-order valence-electron chi connectivity index (χ4n) is 11.5. The monoisotopic (exact) mass is 814 g/mol. The third-order valence-corrected chi connectivity index (χ3v) is 14.9. The zero-order valence-electron chi connectivity index (χ0n) is 37.7. The highest BCUT2D eigenvalue weighted by Crippen LogP contribution is 2.55. The molecule has 9 aromatic carbocycles. The van der Waals surface area contributed by atoms with Gasteiger partial charge in [0.1, 0.15) is 0 Å². The summed E-state index contributed by atoms with van der Waals surface area (Å²) in [6.45, 7) is 19.0. The second-order valence-corrected chi connectivity index (χ2v) is 18.8. The smallest absolute Gasteiger partial charge is 0.0470 e. The van der Waals surface area contributed by atoms with Gasteiger partial charge >= 0.3 is 0 Å². The molecule has 2 aliphatic carbocycles. The van der Waals surface area contributed by atoms with Crippen molar-refractivity contribution in [3.05, 3.63) is 213 Å². The predicted molar refractivity (Wildman–Crippen MR) is 271 cm³/mol. The molecular formula is C61H54N2. The second-order valence-electron chi connectivity index (χ2n) is 18.8. The molecule has 0 bridgehead atoms. The number of aryl methyl sites for hydroxylation is 5. The number of para-hydroxylation sites is 4. The molecule has 2 atom stereocenters. The van der Waals surface area contributed by atoms with Gasteiger partial charge < -0.3 is 9.80 Å². The molecule has 9 aromatic rings. The van der Waals surface area contributed by atoms with Crippen molar-refractivity contribution in [3.8, 4) is 0 Å². The molecule has 0 spiro atoms. The Hall–Kier alpha value is -6.90. The van der Waals surface area contributed by atoms with E-state index >= 15 is 0 Å². The van der Waals surface area contributed by atoms with Gasteiger partial charge in [0, 0.05) is 40.0 Å². The van der Waals surface area contributed by atoms with Crippen LogP contribution in [0.5, 0.6) is 0 Å². The largest absolute Gasteiger partial charge is 0.310 e. The standard InChI is InChI=1S/C61H54N2/c1-37-29-47(62(43-21-13-9-14-22-43)44-23-15-10-16-24-44)31-51-41(5)39(3)49-33-53-54-34-50-40(4)42(6)52-32-48(63(45-25-17-11-18-26-45)46-27-19-12-20-28-46)30-38(2)60(52)56(50)36-58(54)61(7,8)57(53)35-55(49)59(37)51/h9-36,53,57H,1-8H3. The molecule has 0 radical (unpaired) electrons. The van der Waals surface area contributed by atoms with E-state index in [9.17, 15) is 0 Å². The zero-order valence-corrected chi connectivity index (χ0v) is 37.7. The van der Waals surface area contributed by atoms with Crippen molar-refractivity contribution in [2.75, 3.05) is 9.80 Å². The first kappa shape index (κ1) is 39.0. The number of hydrogen-bond donors (Lipinski definition) is 0. The topological polar surface area (TPSA) is 6.48 Å². The molecule has 0 aliphatic heterocycles. The van der Waals surface area contributed by atoms with Gasteiger partial charge in [-0.15, -0.1) is 0 Å². The first-order valence-corrected chi connectivity index (χ1v) is 22.6. The van der Waals surface area contributed by atoms with Crippen LogP contribution in [0.4, 0.5) is 34.1 Å². The number of anilines is 6. The van der Waals surface area contributed by atoms with Crippen LogP contribution < -0.4 is 20.2 Å². The Morgan fingerprint density at radius 2 is 0.810 bits per heavy atom. The minimum absolute atomic E-state index is 0.0743. The molecule has 0 N–H and O–H groups in total. The summed E-state index contributed by atoms with van der Waals surface area (Å²) in [6, 6.07) is 57.9. The molecule has 0 heterocycles. The first-order chi connectivity index (χ1) is 30.5. The number of nitrogens with zero attached hydrogens (tertiary/aromatic N) is 2. The van der Waals surface area contributed by atoms with Crippen LogP contribution in [-0.4, -0.2) is 0 Å². The van der Waals surface area contributed by atoms with E-state index in [1.165, 1.54) is 98.6 Å². The lowest BCUT2D eigenvalue weighted by Crippen LogP contribution is -2.38. The van der Waals surface area contributed by atoms with Crippen LogP contribution in [0.2, 0.25) is 0 Å². The van der Waals surface area contributed by atoms with E-state index in [2.05, 4.69) is 235 Å². The number of benzene rings is 9. The van der Waals surface area contributed by atoms with E-state index in [4.69, 9.17) is 0 Å². The molecule has 308 valence electrons. The van der Waals surface area contributed by atoms with Crippen molar-refractivity contribution in [2.24, 2.45) is 5.92 Å². The van der Waals surface area contributed by atoms with E-state index < -0.39 is 0 Å².